The summed E-state index contributed by atoms with van der Waals surface area (Å²) in [6.07, 6.45) is 7.12. The first kappa shape index (κ1) is 11.7. The van der Waals surface area contributed by atoms with E-state index in [0.29, 0.717) is 6.54 Å². The number of aryl methyl sites for hydroxylation is 1. The number of amides is 1. The van der Waals surface area contributed by atoms with Gasteiger partial charge in [0.25, 0.3) is 0 Å². The fourth-order valence-corrected chi connectivity index (χ4v) is 2.20. The third kappa shape index (κ3) is 2.86. The van der Waals surface area contributed by atoms with E-state index in [4.69, 9.17) is 6.42 Å². The molecule has 0 saturated carbocycles. The summed E-state index contributed by atoms with van der Waals surface area (Å²) in [5.41, 5.74) is 2.59. The number of carbonyl (C=O) groups is 1. The summed E-state index contributed by atoms with van der Waals surface area (Å²) in [6, 6.07) is 8.42. The fraction of sp³-hybridized carbons (Fsp3) is 0.357. The SMILES string of the molecule is C#CCNCC(=O)NC1CCc2ccccc21. The first-order chi connectivity index (χ1) is 8.31. The lowest BCUT2D eigenvalue weighted by Crippen LogP contribution is -2.35. The lowest BCUT2D eigenvalue weighted by atomic mass is 10.1. The van der Waals surface area contributed by atoms with Gasteiger partial charge in [0.05, 0.1) is 19.1 Å². The normalized spacial score (nSPS) is 17.2. The van der Waals surface area contributed by atoms with Crippen LogP contribution < -0.4 is 10.6 Å². The third-order valence-corrected chi connectivity index (χ3v) is 2.98. The zero-order valence-electron chi connectivity index (χ0n) is 9.70. The van der Waals surface area contributed by atoms with E-state index in [2.05, 4.69) is 28.7 Å². The number of carbonyl (C=O) groups excluding carboxylic acids is 1. The number of rotatable bonds is 4. The van der Waals surface area contributed by atoms with Gasteiger partial charge < -0.3 is 5.32 Å². The summed E-state index contributed by atoms with van der Waals surface area (Å²) < 4.78 is 0. The van der Waals surface area contributed by atoms with Crippen molar-refractivity contribution >= 4 is 5.91 Å². The summed E-state index contributed by atoms with van der Waals surface area (Å²) in [4.78, 5) is 11.6. The summed E-state index contributed by atoms with van der Waals surface area (Å²) in [7, 11) is 0. The summed E-state index contributed by atoms with van der Waals surface area (Å²) in [6.45, 7) is 0.706. The van der Waals surface area contributed by atoms with Gasteiger partial charge in [-0.1, -0.05) is 30.2 Å². The van der Waals surface area contributed by atoms with Crippen LogP contribution in [0.3, 0.4) is 0 Å². The molecule has 0 aliphatic heterocycles. The Labute approximate surface area is 102 Å². The van der Waals surface area contributed by atoms with Crippen molar-refractivity contribution in [1.29, 1.82) is 0 Å². The predicted molar refractivity (Wildman–Crippen MR) is 67.3 cm³/mol. The number of fused-ring (bicyclic) bond motifs is 1. The van der Waals surface area contributed by atoms with Crippen LogP contribution in [0.25, 0.3) is 0 Å². The Kier molecular flexibility index (Phi) is 3.79. The molecule has 1 amide bonds. The molecule has 88 valence electrons. The smallest absolute Gasteiger partial charge is 0.234 e. The van der Waals surface area contributed by atoms with Crippen molar-refractivity contribution in [3.8, 4) is 12.3 Å². The molecular formula is C14H16N2O. The van der Waals surface area contributed by atoms with Gasteiger partial charge in [-0.05, 0) is 24.0 Å². The second-order valence-corrected chi connectivity index (χ2v) is 4.17. The molecule has 1 atom stereocenters. The molecule has 0 aromatic heterocycles. The maximum Gasteiger partial charge on any atom is 0.234 e. The predicted octanol–water partition coefficient (Wildman–Crippen LogP) is 1.01. The minimum absolute atomic E-state index is 0.00181. The highest BCUT2D eigenvalue weighted by Crippen LogP contribution is 2.30. The average molecular weight is 228 g/mol. The monoisotopic (exact) mass is 228 g/mol. The van der Waals surface area contributed by atoms with Crippen molar-refractivity contribution in [2.75, 3.05) is 13.1 Å². The Morgan fingerprint density at radius 1 is 1.47 bits per heavy atom. The molecule has 1 aromatic rings. The first-order valence-corrected chi connectivity index (χ1v) is 5.82. The van der Waals surface area contributed by atoms with Crippen molar-refractivity contribution < 1.29 is 4.79 Å². The Morgan fingerprint density at radius 3 is 3.12 bits per heavy atom. The largest absolute Gasteiger partial charge is 0.348 e. The van der Waals surface area contributed by atoms with Gasteiger partial charge in [0.2, 0.25) is 5.91 Å². The molecule has 1 aliphatic carbocycles. The van der Waals surface area contributed by atoms with Gasteiger partial charge in [-0.15, -0.1) is 6.42 Å². The molecule has 0 heterocycles. The number of hydrogen-bond acceptors (Lipinski definition) is 2. The summed E-state index contributed by atoms with van der Waals surface area (Å²) in [5.74, 6) is 2.44. The Morgan fingerprint density at radius 2 is 2.29 bits per heavy atom. The molecule has 0 fully saturated rings. The van der Waals surface area contributed by atoms with Gasteiger partial charge in [-0.25, -0.2) is 0 Å². The maximum absolute atomic E-state index is 11.6. The van der Waals surface area contributed by atoms with Gasteiger partial charge in [0.15, 0.2) is 0 Å². The summed E-state index contributed by atoms with van der Waals surface area (Å²) in [5, 5.41) is 5.91. The minimum Gasteiger partial charge on any atom is -0.348 e. The van der Waals surface area contributed by atoms with Crippen LogP contribution in [0.4, 0.5) is 0 Å². The molecule has 0 spiro atoms. The van der Waals surface area contributed by atoms with Crippen molar-refractivity contribution in [3.63, 3.8) is 0 Å². The van der Waals surface area contributed by atoms with E-state index in [1.807, 2.05) is 12.1 Å². The average Bonchev–Trinajstić information content (AvgIpc) is 2.73. The molecule has 2 N–H and O–H groups in total. The van der Waals surface area contributed by atoms with E-state index in [1.54, 1.807) is 0 Å². The summed E-state index contributed by atoms with van der Waals surface area (Å²) >= 11 is 0. The van der Waals surface area contributed by atoms with Crippen LogP contribution in [0.5, 0.6) is 0 Å². The van der Waals surface area contributed by atoms with Crippen LogP contribution >= 0.6 is 0 Å². The highest BCUT2D eigenvalue weighted by Gasteiger charge is 2.22. The van der Waals surface area contributed by atoms with Crippen molar-refractivity contribution in [1.82, 2.24) is 10.6 Å². The fourth-order valence-electron chi connectivity index (χ4n) is 2.20. The van der Waals surface area contributed by atoms with Gasteiger partial charge in [0, 0.05) is 0 Å². The Hall–Kier alpha value is -1.79. The molecular weight excluding hydrogens is 212 g/mol. The molecule has 0 bridgehead atoms. The molecule has 2 rings (SSSR count). The van der Waals surface area contributed by atoms with Crippen LogP contribution in [0.1, 0.15) is 23.6 Å². The van der Waals surface area contributed by atoms with Gasteiger partial charge in [0.1, 0.15) is 0 Å². The van der Waals surface area contributed by atoms with Gasteiger partial charge in [-0.2, -0.15) is 0 Å². The Bertz CT molecular complexity index is 448. The van der Waals surface area contributed by atoms with Crippen LogP contribution in [-0.4, -0.2) is 19.0 Å². The zero-order chi connectivity index (χ0) is 12.1. The lowest BCUT2D eigenvalue weighted by Gasteiger charge is -2.14. The molecule has 0 radical (unpaired) electrons. The van der Waals surface area contributed by atoms with E-state index in [0.717, 1.165) is 12.8 Å². The van der Waals surface area contributed by atoms with Crippen molar-refractivity contribution in [2.45, 2.75) is 18.9 Å². The van der Waals surface area contributed by atoms with Crippen LogP contribution in [-0.2, 0) is 11.2 Å². The molecule has 1 aliphatic rings. The standard InChI is InChI=1S/C14H16N2O/c1-2-9-15-10-14(17)16-13-8-7-11-5-3-4-6-12(11)13/h1,3-6,13,15H,7-10H2,(H,16,17). The first-order valence-electron chi connectivity index (χ1n) is 5.82. The second kappa shape index (κ2) is 5.51. The van der Waals surface area contributed by atoms with Crippen molar-refractivity contribution in [3.05, 3.63) is 35.4 Å². The molecule has 17 heavy (non-hydrogen) atoms. The van der Waals surface area contributed by atoms with E-state index in [9.17, 15) is 4.79 Å². The number of nitrogens with one attached hydrogen (secondary N) is 2. The molecule has 1 aromatic carbocycles. The number of hydrogen-bond donors (Lipinski definition) is 2. The highest BCUT2D eigenvalue weighted by atomic mass is 16.1. The molecule has 1 unspecified atom stereocenters. The van der Waals surface area contributed by atoms with E-state index < -0.39 is 0 Å². The highest BCUT2D eigenvalue weighted by molar-refractivity contribution is 5.78. The molecule has 0 saturated heterocycles. The number of benzene rings is 1. The topological polar surface area (TPSA) is 41.1 Å². The van der Waals surface area contributed by atoms with Crippen LogP contribution in [0.2, 0.25) is 0 Å². The zero-order valence-corrected chi connectivity index (χ0v) is 9.70. The third-order valence-electron chi connectivity index (χ3n) is 2.98. The maximum atomic E-state index is 11.6. The van der Waals surface area contributed by atoms with E-state index >= 15 is 0 Å². The van der Waals surface area contributed by atoms with Crippen molar-refractivity contribution in [2.24, 2.45) is 0 Å². The molecule has 3 nitrogen and oxygen atoms in total. The van der Waals surface area contributed by atoms with E-state index in [1.165, 1.54) is 11.1 Å². The van der Waals surface area contributed by atoms with Gasteiger partial charge >= 0.3 is 0 Å². The lowest BCUT2D eigenvalue weighted by molar-refractivity contribution is -0.120. The van der Waals surface area contributed by atoms with Crippen LogP contribution in [0.15, 0.2) is 24.3 Å². The van der Waals surface area contributed by atoms with Gasteiger partial charge in [-0.3, -0.25) is 10.1 Å². The molecule has 3 heteroatoms. The van der Waals surface area contributed by atoms with E-state index in [-0.39, 0.29) is 18.5 Å². The number of terminal acetylenes is 1. The quantitative estimate of drug-likeness (QED) is 0.596. The minimum atomic E-state index is 0.00181. The second-order valence-electron chi connectivity index (χ2n) is 4.17. The van der Waals surface area contributed by atoms with Crippen LogP contribution in [0, 0.1) is 12.3 Å². The Balaban J connectivity index is 1.89.